The summed E-state index contributed by atoms with van der Waals surface area (Å²) >= 11 is 2.21. The lowest BCUT2D eigenvalue weighted by molar-refractivity contribution is -0.0368. The summed E-state index contributed by atoms with van der Waals surface area (Å²) in [5.41, 5.74) is 4.95. The number of rotatable bonds is 11. The predicted molar refractivity (Wildman–Crippen MR) is 192 cm³/mol. The van der Waals surface area contributed by atoms with E-state index >= 15 is 0 Å². The molecule has 1 fully saturated rings. The van der Waals surface area contributed by atoms with Gasteiger partial charge >= 0.3 is 6.09 Å². The van der Waals surface area contributed by atoms with Crippen LogP contribution in [0.3, 0.4) is 0 Å². The van der Waals surface area contributed by atoms with Crippen molar-refractivity contribution in [3.63, 3.8) is 0 Å². The average molecular weight is 775 g/mol. The van der Waals surface area contributed by atoms with Gasteiger partial charge in [0.15, 0.2) is 6.23 Å². The quantitative estimate of drug-likeness (QED) is 0.153. The van der Waals surface area contributed by atoms with E-state index in [-0.39, 0.29) is 19.3 Å². The average Bonchev–Trinajstić information content (AvgIpc) is 3.62. The summed E-state index contributed by atoms with van der Waals surface area (Å²) in [5.74, 6) is 1.09. The van der Waals surface area contributed by atoms with Crippen LogP contribution in [0.15, 0.2) is 12.6 Å². The van der Waals surface area contributed by atoms with Crippen LogP contribution in [0.2, 0.25) is 0 Å². The van der Waals surface area contributed by atoms with Crippen molar-refractivity contribution in [2.75, 3.05) is 19.8 Å². The van der Waals surface area contributed by atoms with E-state index in [1.807, 2.05) is 73.3 Å². The third-order valence-electron chi connectivity index (χ3n) is 8.07. The first-order chi connectivity index (χ1) is 22.7. The predicted octanol–water partition coefficient (Wildman–Crippen LogP) is 6.73. The molecular formula is C34H47IN8O5. The van der Waals surface area contributed by atoms with E-state index in [0.29, 0.717) is 18.4 Å². The largest absolute Gasteiger partial charge is 0.476 e. The van der Waals surface area contributed by atoms with Gasteiger partial charge in [0.2, 0.25) is 11.8 Å². The van der Waals surface area contributed by atoms with Crippen LogP contribution in [0.1, 0.15) is 82.9 Å². The molecule has 0 spiro atoms. The van der Waals surface area contributed by atoms with E-state index in [0.717, 1.165) is 74.4 Å². The molecule has 0 bridgehead atoms. The van der Waals surface area contributed by atoms with Crippen molar-refractivity contribution >= 4 is 45.7 Å². The van der Waals surface area contributed by atoms with Crippen LogP contribution in [-0.2, 0) is 30.1 Å². The molecule has 0 aliphatic carbocycles. The van der Waals surface area contributed by atoms with Crippen LogP contribution in [0.4, 0.5) is 4.79 Å². The molecule has 14 heteroatoms. The summed E-state index contributed by atoms with van der Waals surface area (Å²) in [6.45, 7) is 19.1. The fraction of sp³-hybridized carbons (Fsp3) is 0.559. The van der Waals surface area contributed by atoms with Crippen LogP contribution in [-0.4, -0.2) is 76.8 Å². The Labute approximate surface area is 295 Å². The monoisotopic (exact) mass is 774 g/mol. The summed E-state index contributed by atoms with van der Waals surface area (Å²) in [5, 5.41) is 15.0. The highest BCUT2D eigenvalue weighted by molar-refractivity contribution is 14.1. The summed E-state index contributed by atoms with van der Waals surface area (Å²) in [4.78, 5) is 20.2. The van der Waals surface area contributed by atoms with Crippen molar-refractivity contribution in [2.45, 2.75) is 92.2 Å². The second-order valence-electron chi connectivity index (χ2n) is 13.1. The Balaban J connectivity index is 1.46. The van der Waals surface area contributed by atoms with Crippen LogP contribution in [0.5, 0.6) is 11.8 Å². The van der Waals surface area contributed by atoms with E-state index in [1.54, 1.807) is 20.3 Å². The molecule has 4 aromatic rings. The normalized spacial score (nSPS) is 15.8. The fourth-order valence-electron chi connectivity index (χ4n) is 6.00. The molecule has 5 rings (SSSR count). The standard InChI is InChI=1S/C34H47IN8O5/c1-11-24-23-17-25(36-22(5)30(23)43(38-24)27-15-13-14-16-46-27)28-21(4)37-41(10)32(28)47-20(3)18-42(33(44)48-34(6,7)8)19-26-29(35)31(45-12-2)39-40(26)9/h11,17,20,27H,1,12-16,18-19H2,2-10H3/t20-,27?/m0/s1. The number of amides is 1. The van der Waals surface area contributed by atoms with Crippen molar-refractivity contribution < 1.29 is 23.7 Å². The van der Waals surface area contributed by atoms with Crippen LogP contribution < -0.4 is 9.47 Å². The third kappa shape index (κ3) is 7.48. The number of fused-ring (bicyclic) bond motifs is 1. The van der Waals surface area contributed by atoms with Gasteiger partial charge in [0, 0.05) is 26.1 Å². The number of pyridine rings is 1. The molecule has 4 aromatic heterocycles. The molecule has 1 unspecified atom stereocenters. The van der Waals surface area contributed by atoms with Gasteiger partial charge in [-0.3, -0.25) is 14.6 Å². The summed E-state index contributed by atoms with van der Waals surface area (Å²) in [7, 11) is 3.68. The van der Waals surface area contributed by atoms with Crippen LogP contribution in [0.25, 0.3) is 28.2 Å². The maximum Gasteiger partial charge on any atom is 0.410 e. The van der Waals surface area contributed by atoms with Gasteiger partial charge in [0.1, 0.15) is 11.7 Å². The molecule has 1 aliphatic heterocycles. The number of aryl methyl sites for hydroxylation is 4. The number of aromatic nitrogens is 7. The minimum Gasteiger partial charge on any atom is -0.476 e. The number of carbonyl (C=O) groups excluding carboxylic acids is 1. The Morgan fingerprint density at radius 1 is 1.19 bits per heavy atom. The first kappa shape index (κ1) is 35.6. The Bertz CT molecular complexity index is 1800. The minimum absolute atomic E-state index is 0.130. The molecule has 1 aliphatic rings. The first-order valence-corrected chi connectivity index (χ1v) is 17.5. The molecule has 0 radical (unpaired) electrons. The van der Waals surface area contributed by atoms with Gasteiger partial charge in [0.25, 0.3) is 0 Å². The summed E-state index contributed by atoms with van der Waals surface area (Å²) in [6, 6.07) is 2.03. The van der Waals surface area contributed by atoms with Gasteiger partial charge in [-0.15, -0.1) is 5.10 Å². The zero-order valence-corrected chi connectivity index (χ0v) is 31.6. The van der Waals surface area contributed by atoms with Crippen LogP contribution in [0, 0.1) is 17.4 Å². The van der Waals surface area contributed by atoms with E-state index < -0.39 is 17.8 Å². The van der Waals surface area contributed by atoms with Crippen molar-refractivity contribution in [1.82, 2.24) is 39.2 Å². The van der Waals surface area contributed by atoms with E-state index in [9.17, 15) is 4.79 Å². The second-order valence-corrected chi connectivity index (χ2v) is 14.2. The lowest BCUT2D eigenvalue weighted by atomic mass is 10.1. The van der Waals surface area contributed by atoms with Crippen molar-refractivity contribution in [3.8, 4) is 23.0 Å². The first-order valence-electron chi connectivity index (χ1n) is 16.4. The van der Waals surface area contributed by atoms with Gasteiger partial charge in [-0.25, -0.2) is 14.2 Å². The van der Waals surface area contributed by atoms with Crippen LogP contribution >= 0.6 is 22.6 Å². The number of halogens is 1. The lowest BCUT2D eigenvalue weighted by Gasteiger charge is -2.29. The molecule has 5 heterocycles. The molecule has 48 heavy (non-hydrogen) atoms. The molecule has 1 amide bonds. The van der Waals surface area contributed by atoms with Gasteiger partial charge < -0.3 is 18.9 Å². The number of nitrogens with zero attached hydrogens (tertiary/aromatic N) is 8. The summed E-state index contributed by atoms with van der Waals surface area (Å²) in [6.07, 6.45) is 3.80. The highest BCUT2D eigenvalue weighted by atomic mass is 127. The molecule has 0 aromatic carbocycles. The number of hydrogen-bond donors (Lipinski definition) is 0. The van der Waals surface area contributed by atoms with Crippen molar-refractivity contribution in [3.05, 3.63) is 39.0 Å². The van der Waals surface area contributed by atoms with E-state index in [2.05, 4.69) is 34.3 Å². The number of hydrogen-bond acceptors (Lipinski definition) is 9. The molecule has 1 saturated heterocycles. The molecular weight excluding hydrogens is 727 g/mol. The fourth-order valence-corrected chi connectivity index (χ4v) is 6.78. The highest BCUT2D eigenvalue weighted by Crippen LogP contribution is 2.37. The Morgan fingerprint density at radius 3 is 2.58 bits per heavy atom. The van der Waals surface area contributed by atoms with Gasteiger partial charge in [0.05, 0.1) is 62.8 Å². The maximum absolute atomic E-state index is 13.5. The Hall–Kier alpha value is -3.66. The smallest absolute Gasteiger partial charge is 0.410 e. The SMILES string of the molecule is C=Cc1nn(C2CCCCO2)c2c(C)nc(-c3c(C)nn(C)c3O[C@@H](C)CN(Cc3c(I)c(OCC)nn3C)C(=O)OC(C)(C)C)cc12. The number of carbonyl (C=O) groups is 1. The van der Waals surface area contributed by atoms with E-state index in [4.69, 9.17) is 34.1 Å². The third-order valence-corrected chi connectivity index (χ3v) is 9.16. The Morgan fingerprint density at radius 2 is 1.94 bits per heavy atom. The molecule has 260 valence electrons. The molecule has 13 nitrogen and oxygen atoms in total. The molecule has 2 atom stereocenters. The molecule has 0 saturated carbocycles. The summed E-state index contributed by atoms with van der Waals surface area (Å²) < 4.78 is 30.5. The zero-order chi connectivity index (χ0) is 34.9. The second kappa shape index (κ2) is 14.4. The number of ether oxygens (including phenoxy) is 4. The van der Waals surface area contributed by atoms with Crippen molar-refractivity contribution in [1.29, 1.82) is 0 Å². The molecule has 0 N–H and O–H groups in total. The highest BCUT2D eigenvalue weighted by Gasteiger charge is 2.30. The van der Waals surface area contributed by atoms with Crippen molar-refractivity contribution in [2.24, 2.45) is 14.1 Å². The van der Waals surface area contributed by atoms with Gasteiger partial charge in [-0.05, 0) is 102 Å². The zero-order valence-electron chi connectivity index (χ0n) is 29.5. The Kier molecular flexibility index (Phi) is 10.7. The maximum atomic E-state index is 13.5. The van der Waals surface area contributed by atoms with Gasteiger partial charge in [-0.1, -0.05) is 6.58 Å². The lowest BCUT2D eigenvalue weighted by Crippen LogP contribution is -2.42. The topological polar surface area (TPSA) is 124 Å². The van der Waals surface area contributed by atoms with E-state index in [1.165, 1.54) is 0 Å². The minimum atomic E-state index is -0.675. The van der Waals surface area contributed by atoms with Gasteiger partial charge in [-0.2, -0.15) is 10.2 Å².